The third kappa shape index (κ3) is 17.5. The number of aliphatic hydroxyl groups is 3. The number of carbonyl (C=O) groups is 1. The molecule has 0 aliphatic heterocycles. The standard InChI is InChI=1S/C6H10O2.C6H14O2.C2H6O2/c7-5-1-2-6(8)4-3-5;1-4-7-6(3)8-5-2;3-1-2-4/h5,7H,1-4H2;6H,4-5H2,1-3H3;3-4H,1-2H2. The zero-order valence-electron chi connectivity index (χ0n) is 12.9. The SMILES string of the molecule is CCOC(C)OCC.O=C1CCC(O)CC1.OCCO. The third-order valence-corrected chi connectivity index (χ3v) is 2.42. The number of aliphatic hydroxyl groups excluding tert-OH is 3. The summed E-state index contributed by atoms with van der Waals surface area (Å²) in [6.07, 6.45) is 2.29. The number of hydrogen-bond acceptors (Lipinski definition) is 6. The van der Waals surface area contributed by atoms with Crippen LogP contribution in [0.25, 0.3) is 0 Å². The Morgan fingerprint density at radius 2 is 1.50 bits per heavy atom. The summed E-state index contributed by atoms with van der Waals surface area (Å²) in [6.45, 7) is 7.00. The fraction of sp³-hybridized carbons (Fsp3) is 0.929. The second-order valence-electron chi connectivity index (χ2n) is 4.20. The van der Waals surface area contributed by atoms with Crippen LogP contribution in [-0.4, -0.2) is 59.9 Å². The van der Waals surface area contributed by atoms with Crippen LogP contribution in [0, 0.1) is 0 Å². The van der Waals surface area contributed by atoms with E-state index in [4.69, 9.17) is 24.8 Å². The Bertz CT molecular complexity index is 192. The Morgan fingerprint density at radius 3 is 1.75 bits per heavy atom. The number of ketones is 1. The molecule has 6 heteroatoms. The lowest BCUT2D eigenvalue weighted by Crippen LogP contribution is -2.17. The van der Waals surface area contributed by atoms with Gasteiger partial charge in [0.15, 0.2) is 6.29 Å². The Labute approximate surface area is 121 Å². The highest BCUT2D eigenvalue weighted by molar-refractivity contribution is 5.79. The van der Waals surface area contributed by atoms with E-state index in [1.807, 2.05) is 20.8 Å². The molecule has 0 aromatic heterocycles. The summed E-state index contributed by atoms with van der Waals surface area (Å²) >= 11 is 0. The van der Waals surface area contributed by atoms with Gasteiger partial charge in [0.05, 0.1) is 19.3 Å². The van der Waals surface area contributed by atoms with Gasteiger partial charge in [0.2, 0.25) is 0 Å². The smallest absolute Gasteiger partial charge is 0.154 e. The van der Waals surface area contributed by atoms with Gasteiger partial charge in [-0.2, -0.15) is 0 Å². The van der Waals surface area contributed by atoms with Crippen LogP contribution in [0.3, 0.4) is 0 Å². The van der Waals surface area contributed by atoms with Crippen LogP contribution in [0.15, 0.2) is 0 Å². The molecule has 0 saturated heterocycles. The Kier molecular flexibility index (Phi) is 18.0. The fourth-order valence-electron chi connectivity index (χ4n) is 1.44. The molecule has 1 aliphatic carbocycles. The molecular formula is C14H30O6. The van der Waals surface area contributed by atoms with E-state index in [1.165, 1.54) is 0 Å². The Balaban J connectivity index is 0. The van der Waals surface area contributed by atoms with Crippen LogP contribution in [0.1, 0.15) is 46.5 Å². The molecule has 1 fully saturated rings. The van der Waals surface area contributed by atoms with E-state index in [2.05, 4.69) is 0 Å². The van der Waals surface area contributed by atoms with Gasteiger partial charge in [-0.15, -0.1) is 0 Å². The molecule has 0 unspecified atom stereocenters. The molecule has 1 rings (SSSR count). The number of carbonyl (C=O) groups excluding carboxylic acids is 1. The quantitative estimate of drug-likeness (QED) is 0.651. The van der Waals surface area contributed by atoms with Crippen molar-refractivity contribution in [3.05, 3.63) is 0 Å². The van der Waals surface area contributed by atoms with Gasteiger partial charge < -0.3 is 24.8 Å². The molecule has 0 bridgehead atoms. The van der Waals surface area contributed by atoms with Crippen LogP contribution >= 0.6 is 0 Å². The van der Waals surface area contributed by atoms with Crippen molar-refractivity contribution in [3.63, 3.8) is 0 Å². The molecule has 0 heterocycles. The lowest BCUT2D eigenvalue weighted by atomic mass is 9.97. The van der Waals surface area contributed by atoms with Crippen molar-refractivity contribution in [1.29, 1.82) is 0 Å². The topological polar surface area (TPSA) is 96.2 Å². The molecule has 1 aliphatic rings. The summed E-state index contributed by atoms with van der Waals surface area (Å²) in [5, 5.41) is 24.1. The van der Waals surface area contributed by atoms with Gasteiger partial charge >= 0.3 is 0 Å². The summed E-state index contributed by atoms with van der Waals surface area (Å²) in [5.74, 6) is 0.301. The highest BCUT2D eigenvalue weighted by atomic mass is 16.7. The van der Waals surface area contributed by atoms with E-state index < -0.39 is 0 Å². The van der Waals surface area contributed by atoms with Crippen molar-refractivity contribution in [2.75, 3.05) is 26.4 Å². The minimum absolute atomic E-state index is 0.0370. The van der Waals surface area contributed by atoms with Crippen molar-refractivity contribution in [2.24, 2.45) is 0 Å². The van der Waals surface area contributed by atoms with Crippen LogP contribution in [0.5, 0.6) is 0 Å². The molecular weight excluding hydrogens is 264 g/mol. The maximum atomic E-state index is 10.5. The highest BCUT2D eigenvalue weighted by Gasteiger charge is 2.14. The van der Waals surface area contributed by atoms with E-state index in [1.54, 1.807) is 0 Å². The minimum Gasteiger partial charge on any atom is -0.394 e. The molecule has 0 amide bonds. The van der Waals surface area contributed by atoms with Gasteiger partial charge in [0.1, 0.15) is 5.78 Å². The molecule has 122 valence electrons. The zero-order chi connectivity index (χ0) is 15.8. The van der Waals surface area contributed by atoms with E-state index in [-0.39, 0.29) is 25.6 Å². The first-order valence-electron chi connectivity index (χ1n) is 7.16. The normalized spacial score (nSPS) is 15.2. The summed E-state index contributed by atoms with van der Waals surface area (Å²) in [4.78, 5) is 10.5. The molecule has 3 N–H and O–H groups in total. The fourth-order valence-corrected chi connectivity index (χ4v) is 1.44. The van der Waals surface area contributed by atoms with Crippen LogP contribution in [-0.2, 0) is 14.3 Å². The monoisotopic (exact) mass is 294 g/mol. The molecule has 0 radical (unpaired) electrons. The van der Waals surface area contributed by atoms with Crippen LogP contribution < -0.4 is 0 Å². The van der Waals surface area contributed by atoms with E-state index in [9.17, 15) is 4.79 Å². The average molecular weight is 294 g/mol. The molecule has 0 aromatic rings. The molecule has 0 spiro atoms. The van der Waals surface area contributed by atoms with Crippen molar-refractivity contribution in [2.45, 2.75) is 58.8 Å². The predicted octanol–water partition coefficient (Wildman–Crippen LogP) is 0.867. The van der Waals surface area contributed by atoms with Crippen molar-refractivity contribution in [1.82, 2.24) is 0 Å². The summed E-state index contributed by atoms with van der Waals surface area (Å²) in [5.41, 5.74) is 0. The Morgan fingerprint density at radius 1 is 1.10 bits per heavy atom. The van der Waals surface area contributed by atoms with Crippen molar-refractivity contribution >= 4 is 5.78 Å². The van der Waals surface area contributed by atoms with E-state index in [0.29, 0.717) is 31.5 Å². The van der Waals surface area contributed by atoms with Gasteiger partial charge in [-0.3, -0.25) is 4.79 Å². The lowest BCUT2D eigenvalue weighted by Gasteiger charge is -2.13. The molecule has 1 saturated carbocycles. The first kappa shape index (κ1) is 21.8. The minimum atomic E-state index is -0.201. The number of hydrogen-bond donors (Lipinski definition) is 3. The molecule has 20 heavy (non-hydrogen) atoms. The van der Waals surface area contributed by atoms with Crippen LogP contribution in [0.2, 0.25) is 0 Å². The average Bonchev–Trinajstić information content (AvgIpc) is 2.44. The third-order valence-electron chi connectivity index (χ3n) is 2.42. The Hall–Kier alpha value is -0.530. The van der Waals surface area contributed by atoms with Crippen LogP contribution in [0.4, 0.5) is 0 Å². The predicted molar refractivity (Wildman–Crippen MR) is 76.4 cm³/mol. The molecule has 6 nitrogen and oxygen atoms in total. The summed E-state index contributed by atoms with van der Waals surface area (Å²) in [7, 11) is 0. The summed E-state index contributed by atoms with van der Waals surface area (Å²) < 4.78 is 10.1. The van der Waals surface area contributed by atoms with Gasteiger partial charge in [-0.25, -0.2) is 0 Å². The number of ether oxygens (including phenoxy) is 2. The first-order chi connectivity index (χ1) is 9.51. The first-order valence-corrected chi connectivity index (χ1v) is 7.16. The second-order valence-corrected chi connectivity index (χ2v) is 4.20. The molecule has 0 aromatic carbocycles. The second kappa shape index (κ2) is 16.5. The number of rotatable bonds is 5. The van der Waals surface area contributed by atoms with Crippen molar-refractivity contribution < 1.29 is 29.6 Å². The van der Waals surface area contributed by atoms with E-state index >= 15 is 0 Å². The zero-order valence-corrected chi connectivity index (χ0v) is 12.9. The van der Waals surface area contributed by atoms with Gasteiger partial charge in [0.25, 0.3) is 0 Å². The van der Waals surface area contributed by atoms with Crippen molar-refractivity contribution in [3.8, 4) is 0 Å². The molecule has 0 atom stereocenters. The largest absolute Gasteiger partial charge is 0.394 e. The highest BCUT2D eigenvalue weighted by Crippen LogP contribution is 2.13. The van der Waals surface area contributed by atoms with E-state index in [0.717, 1.165) is 13.2 Å². The maximum Gasteiger partial charge on any atom is 0.154 e. The maximum absolute atomic E-state index is 10.5. The van der Waals surface area contributed by atoms with Gasteiger partial charge in [-0.05, 0) is 33.6 Å². The number of Topliss-reactive ketones (excluding diaryl/α,β-unsaturated/α-hetero) is 1. The van der Waals surface area contributed by atoms with Gasteiger partial charge in [0, 0.05) is 26.1 Å². The lowest BCUT2D eigenvalue weighted by molar-refractivity contribution is -0.123. The van der Waals surface area contributed by atoms with Gasteiger partial charge in [-0.1, -0.05) is 0 Å². The summed E-state index contributed by atoms with van der Waals surface area (Å²) in [6, 6.07) is 0.